The number of hydrogen-bond acceptors (Lipinski definition) is 2. The number of nitrogens with one attached hydrogen (secondary N) is 2. The van der Waals surface area contributed by atoms with E-state index < -0.39 is 0 Å². The third kappa shape index (κ3) is 5.51. The second kappa shape index (κ2) is 7.30. The molecule has 0 rings (SSSR count). The summed E-state index contributed by atoms with van der Waals surface area (Å²) >= 11 is 0. The van der Waals surface area contributed by atoms with Gasteiger partial charge in [0.15, 0.2) is 0 Å². The maximum atomic E-state index is 11.4. The number of hydrogen-bond donors (Lipinski definition) is 2. The molecule has 0 saturated carbocycles. The summed E-state index contributed by atoms with van der Waals surface area (Å²) < 4.78 is 0. The van der Waals surface area contributed by atoms with Crippen LogP contribution in [0.2, 0.25) is 0 Å². The van der Waals surface area contributed by atoms with E-state index in [9.17, 15) is 4.79 Å². The first-order valence-corrected chi connectivity index (χ1v) is 5.04. The van der Waals surface area contributed by atoms with Crippen molar-refractivity contribution < 1.29 is 4.79 Å². The molecule has 14 heavy (non-hydrogen) atoms. The Morgan fingerprint density at radius 2 is 2.07 bits per heavy atom. The smallest absolute Gasteiger partial charge is 0.231 e. The average Bonchev–Trinajstić information content (AvgIpc) is 2.12. The predicted molar refractivity (Wildman–Crippen MR) is 59.3 cm³/mol. The van der Waals surface area contributed by atoms with Gasteiger partial charge in [0.2, 0.25) is 5.91 Å². The third-order valence-corrected chi connectivity index (χ3v) is 2.03. The largest absolute Gasteiger partial charge is 0.317 e. The minimum absolute atomic E-state index is 0.0845. The van der Waals surface area contributed by atoms with Crippen molar-refractivity contribution >= 4 is 12.2 Å². The van der Waals surface area contributed by atoms with Gasteiger partial charge in [-0.2, -0.15) is 0 Å². The van der Waals surface area contributed by atoms with Gasteiger partial charge in [0.05, 0.1) is 12.3 Å². The molecule has 0 heterocycles. The van der Waals surface area contributed by atoms with Gasteiger partial charge in [0.25, 0.3) is 0 Å². The predicted octanol–water partition coefficient (Wildman–Crippen LogP) is 2.34. The Labute approximate surface area is 86.1 Å². The van der Waals surface area contributed by atoms with Crippen LogP contribution in [0.15, 0.2) is 12.2 Å². The molecule has 1 unspecified atom stereocenters. The average molecular weight is 196 g/mol. The molecular formula is C11H20N2O. The van der Waals surface area contributed by atoms with Crippen molar-refractivity contribution in [3.63, 3.8) is 0 Å². The molecule has 80 valence electrons. The van der Waals surface area contributed by atoms with Crippen LogP contribution in [0.5, 0.6) is 0 Å². The van der Waals surface area contributed by atoms with E-state index in [1.54, 1.807) is 0 Å². The van der Waals surface area contributed by atoms with E-state index in [0.717, 1.165) is 19.2 Å². The second-order valence-electron chi connectivity index (χ2n) is 3.76. The molecular weight excluding hydrogens is 176 g/mol. The van der Waals surface area contributed by atoms with Crippen LogP contribution in [0.4, 0.5) is 0 Å². The summed E-state index contributed by atoms with van der Waals surface area (Å²) in [7, 11) is 0. The van der Waals surface area contributed by atoms with Crippen molar-refractivity contribution in [2.45, 2.75) is 33.6 Å². The molecule has 0 fully saturated rings. The van der Waals surface area contributed by atoms with Gasteiger partial charge in [-0.1, -0.05) is 26.0 Å². The molecule has 0 aromatic rings. The van der Waals surface area contributed by atoms with Crippen LogP contribution in [0.1, 0.15) is 33.6 Å². The Kier molecular flexibility index (Phi) is 6.72. The topological polar surface area (TPSA) is 53.0 Å². The molecule has 0 radical (unpaired) electrons. The first-order valence-electron chi connectivity index (χ1n) is 5.04. The number of allylic oxidation sites excluding steroid dienone is 1. The minimum Gasteiger partial charge on any atom is -0.317 e. The normalized spacial score (nSPS) is 13.1. The quantitative estimate of drug-likeness (QED) is 0.382. The van der Waals surface area contributed by atoms with Crippen molar-refractivity contribution in [2.24, 2.45) is 11.8 Å². The monoisotopic (exact) mass is 196 g/mol. The fourth-order valence-electron chi connectivity index (χ4n) is 1.24. The van der Waals surface area contributed by atoms with E-state index in [1.807, 2.05) is 19.1 Å². The molecule has 0 bridgehead atoms. The first-order chi connectivity index (χ1) is 6.61. The fraction of sp³-hybridized carbons (Fsp3) is 0.636. The molecule has 0 aliphatic carbocycles. The van der Waals surface area contributed by atoms with E-state index in [2.05, 4.69) is 19.2 Å². The van der Waals surface area contributed by atoms with E-state index in [-0.39, 0.29) is 11.8 Å². The molecule has 0 spiro atoms. The van der Waals surface area contributed by atoms with Crippen molar-refractivity contribution in [1.82, 2.24) is 5.32 Å². The van der Waals surface area contributed by atoms with E-state index in [1.165, 1.54) is 0 Å². The maximum absolute atomic E-state index is 11.4. The Bertz CT molecular complexity index is 209. The van der Waals surface area contributed by atoms with E-state index in [0.29, 0.717) is 5.92 Å². The summed E-state index contributed by atoms with van der Waals surface area (Å²) in [4.78, 5) is 11.4. The Balaban J connectivity index is 4.13. The highest BCUT2D eigenvalue weighted by Crippen LogP contribution is 2.13. The van der Waals surface area contributed by atoms with Crippen molar-refractivity contribution in [3.05, 3.63) is 12.2 Å². The molecule has 1 atom stereocenters. The molecule has 1 amide bonds. The molecule has 3 heteroatoms. The first kappa shape index (κ1) is 12.9. The van der Waals surface area contributed by atoms with E-state index in [4.69, 9.17) is 5.41 Å². The standard InChI is InChI=1S/C11H20N2O/c1-4-5-10(7-6-9(2)3)11(14)13-8-12/h4-5,8-10H,6-7H2,1-3H3,(H2,12,13,14)/b5-4+. The van der Waals surface area contributed by atoms with Crippen LogP contribution < -0.4 is 5.32 Å². The summed E-state index contributed by atoms with van der Waals surface area (Å²) in [5.74, 6) is 0.429. The molecule has 0 aliphatic heterocycles. The summed E-state index contributed by atoms with van der Waals surface area (Å²) in [5, 5.41) is 9.20. The van der Waals surface area contributed by atoms with Gasteiger partial charge < -0.3 is 5.32 Å². The zero-order valence-corrected chi connectivity index (χ0v) is 9.21. The number of rotatable bonds is 6. The van der Waals surface area contributed by atoms with Gasteiger partial charge in [-0.05, 0) is 25.7 Å². The number of carbonyl (C=O) groups excluding carboxylic acids is 1. The lowest BCUT2D eigenvalue weighted by molar-refractivity contribution is -0.122. The summed E-state index contributed by atoms with van der Waals surface area (Å²) in [5.41, 5.74) is 0. The highest BCUT2D eigenvalue weighted by Gasteiger charge is 2.14. The maximum Gasteiger partial charge on any atom is 0.231 e. The summed E-state index contributed by atoms with van der Waals surface area (Å²) in [6, 6.07) is 0. The fourth-order valence-corrected chi connectivity index (χ4v) is 1.24. The van der Waals surface area contributed by atoms with Gasteiger partial charge in [-0.3, -0.25) is 10.2 Å². The zero-order valence-electron chi connectivity index (χ0n) is 9.21. The lowest BCUT2D eigenvalue weighted by Crippen LogP contribution is -2.28. The lowest BCUT2D eigenvalue weighted by atomic mass is 9.97. The molecule has 0 saturated heterocycles. The van der Waals surface area contributed by atoms with Crippen LogP contribution in [0.25, 0.3) is 0 Å². The highest BCUT2D eigenvalue weighted by molar-refractivity contribution is 5.89. The minimum atomic E-state index is -0.0935. The number of amides is 1. The van der Waals surface area contributed by atoms with Gasteiger partial charge in [-0.15, -0.1) is 0 Å². The van der Waals surface area contributed by atoms with E-state index >= 15 is 0 Å². The summed E-state index contributed by atoms with van der Waals surface area (Å²) in [6.07, 6.45) is 6.59. The van der Waals surface area contributed by atoms with Crippen LogP contribution in [0, 0.1) is 17.2 Å². The van der Waals surface area contributed by atoms with Gasteiger partial charge >= 0.3 is 0 Å². The van der Waals surface area contributed by atoms with Gasteiger partial charge in [-0.25, -0.2) is 0 Å². The van der Waals surface area contributed by atoms with Crippen molar-refractivity contribution in [2.75, 3.05) is 0 Å². The Hall–Kier alpha value is -1.12. The summed E-state index contributed by atoms with van der Waals surface area (Å²) in [6.45, 7) is 6.18. The SMILES string of the molecule is C/C=C/C(CCC(C)C)C(=O)NC=N. The Morgan fingerprint density at radius 1 is 1.43 bits per heavy atom. The molecule has 0 aliphatic rings. The van der Waals surface area contributed by atoms with Crippen LogP contribution in [0.3, 0.4) is 0 Å². The number of carbonyl (C=O) groups is 1. The highest BCUT2D eigenvalue weighted by atomic mass is 16.1. The molecule has 2 N–H and O–H groups in total. The van der Waals surface area contributed by atoms with Gasteiger partial charge in [0.1, 0.15) is 0 Å². The zero-order chi connectivity index (χ0) is 11.0. The van der Waals surface area contributed by atoms with Gasteiger partial charge in [0, 0.05) is 0 Å². The molecule has 0 aromatic heterocycles. The third-order valence-electron chi connectivity index (χ3n) is 2.03. The Morgan fingerprint density at radius 3 is 2.50 bits per heavy atom. The van der Waals surface area contributed by atoms with Crippen LogP contribution in [-0.4, -0.2) is 12.2 Å². The molecule has 3 nitrogen and oxygen atoms in total. The van der Waals surface area contributed by atoms with Crippen molar-refractivity contribution in [1.29, 1.82) is 5.41 Å². The van der Waals surface area contributed by atoms with Crippen LogP contribution >= 0.6 is 0 Å². The second-order valence-corrected chi connectivity index (χ2v) is 3.76. The van der Waals surface area contributed by atoms with Crippen molar-refractivity contribution in [3.8, 4) is 0 Å². The lowest BCUT2D eigenvalue weighted by Gasteiger charge is -2.12. The van der Waals surface area contributed by atoms with Crippen LogP contribution in [-0.2, 0) is 4.79 Å². The molecule has 0 aromatic carbocycles.